The van der Waals surface area contributed by atoms with Gasteiger partial charge in [-0.1, -0.05) is 18.2 Å². The minimum atomic E-state index is 1.10. The molecule has 0 fully saturated rings. The summed E-state index contributed by atoms with van der Waals surface area (Å²) in [7, 11) is 0. The van der Waals surface area contributed by atoms with Crippen molar-refractivity contribution in [3.63, 3.8) is 0 Å². The molecule has 0 radical (unpaired) electrons. The van der Waals surface area contributed by atoms with E-state index in [-0.39, 0.29) is 0 Å². The Kier molecular flexibility index (Phi) is 2.67. The standard InChI is InChI=1S/C12H10N2/c1-2-12(10-14-7-1)4-3-11-5-8-13-9-6-11/h1-10H/b4-3-. The van der Waals surface area contributed by atoms with E-state index in [1.54, 1.807) is 18.6 Å². The zero-order chi connectivity index (χ0) is 9.64. The molecule has 0 aromatic carbocycles. The van der Waals surface area contributed by atoms with Crippen LogP contribution >= 0.6 is 0 Å². The SMILES string of the molecule is C(=C/c1cccnc1)/c1ccncc1. The molecular weight excluding hydrogens is 172 g/mol. The zero-order valence-electron chi connectivity index (χ0n) is 7.67. The molecule has 2 heteroatoms. The van der Waals surface area contributed by atoms with Gasteiger partial charge in [-0.25, -0.2) is 0 Å². The van der Waals surface area contributed by atoms with Gasteiger partial charge in [-0.05, 0) is 29.3 Å². The number of aromatic nitrogens is 2. The quantitative estimate of drug-likeness (QED) is 0.713. The second kappa shape index (κ2) is 4.33. The Balaban J connectivity index is 2.16. The average Bonchev–Trinajstić information content (AvgIpc) is 2.29. The van der Waals surface area contributed by atoms with Gasteiger partial charge in [0.1, 0.15) is 0 Å². The lowest BCUT2D eigenvalue weighted by Crippen LogP contribution is -1.75. The summed E-state index contributed by atoms with van der Waals surface area (Å²) < 4.78 is 0. The predicted molar refractivity (Wildman–Crippen MR) is 57.4 cm³/mol. The minimum Gasteiger partial charge on any atom is -0.265 e. The normalized spacial score (nSPS) is 10.6. The fourth-order valence-electron chi connectivity index (χ4n) is 1.14. The predicted octanol–water partition coefficient (Wildman–Crippen LogP) is 2.65. The smallest absolute Gasteiger partial charge is 0.0340 e. The van der Waals surface area contributed by atoms with Gasteiger partial charge in [0.15, 0.2) is 0 Å². The molecule has 2 heterocycles. The summed E-state index contributed by atoms with van der Waals surface area (Å²) in [6, 6.07) is 7.87. The van der Waals surface area contributed by atoms with Gasteiger partial charge in [0.2, 0.25) is 0 Å². The van der Waals surface area contributed by atoms with Gasteiger partial charge >= 0.3 is 0 Å². The van der Waals surface area contributed by atoms with Crippen LogP contribution in [-0.2, 0) is 0 Å². The Morgan fingerprint density at radius 1 is 0.786 bits per heavy atom. The Labute approximate surface area is 83.0 Å². The van der Waals surface area contributed by atoms with Crippen LogP contribution in [-0.4, -0.2) is 9.97 Å². The Morgan fingerprint density at radius 2 is 1.57 bits per heavy atom. The van der Waals surface area contributed by atoms with E-state index in [4.69, 9.17) is 0 Å². The topological polar surface area (TPSA) is 25.8 Å². The molecule has 0 aliphatic rings. The highest BCUT2D eigenvalue weighted by Gasteiger charge is 1.85. The number of pyridine rings is 2. The molecule has 0 N–H and O–H groups in total. The van der Waals surface area contributed by atoms with E-state index in [1.165, 1.54) is 0 Å². The lowest BCUT2D eigenvalue weighted by Gasteiger charge is -1.91. The van der Waals surface area contributed by atoms with Crippen molar-refractivity contribution in [3.8, 4) is 0 Å². The molecule has 0 bridgehead atoms. The van der Waals surface area contributed by atoms with Crippen molar-refractivity contribution < 1.29 is 0 Å². The Bertz CT molecular complexity index is 365. The molecule has 2 rings (SSSR count). The second-order valence-corrected chi connectivity index (χ2v) is 2.90. The first-order chi connectivity index (χ1) is 6.95. The van der Waals surface area contributed by atoms with E-state index in [9.17, 15) is 0 Å². The van der Waals surface area contributed by atoms with E-state index in [1.807, 2.05) is 42.6 Å². The van der Waals surface area contributed by atoms with Crippen molar-refractivity contribution in [1.82, 2.24) is 9.97 Å². The van der Waals surface area contributed by atoms with Crippen molar-refractivity contribution in [2.45, 2.75) is 0 Å². The van der Waals surface area contributed by atoms with E-state index in [0.29, 0.717) is 0 Å². The van der Waals surface area contributed by atoms with E-state index >= 15 is 0 Å². The first-order valence-electron chi connectivity index (χ1n) is 4.43. The maximum Gasteiger partial charge on any atom is 0.0340 e. The molecule has 0 unspecified atom stereocenters. The van der Waals surface area contributed by atoms with Crippen LogP contribution in [0.25, 0.3) is 12.2 Å². The molecule has 0 atom stereocenters. The minimum absolute atomic E-state index is 1.10. The molecule has 0 amide bonds. The monoisotopic (exact) mass is 182 g/mol. The van der Waals surface area contributed by atoms with Gasteiger partial charge in [0.25, 0.3) is 0 Å². The second-order valence-electron chi connectivity index (χ2n) is 2.90. The van der Waals surface area contributed by atoms with Gasteiger partial charge in [-0.2, -0.15) is 0 Å². The summed E-state index contributed by atoms with van der Waals surface area (Å²) in [5.41, 5.74) is 2.24. The lowest BCUT2D eigenvalue weighted by atomic mass is 10.2. The van der Waals surface area contributed by atoms with Gasteiger partial charge < -0.3 is 0 Å². The highest BCUT2D eigenvalue weighted by atomic mass is 14.6. The van der Waals surface area contributed by atoms with Gasteiger partial charge in [0.05, 0.1) is 0 Å². The van der Waals surface area contributed by atoms with E-state index < -0.39 is 0 Å². The number of nitrogens with zero attached hydrogens (tertiary/aromatic N) is 2. The number of hydrogen-bond donors (Lipinski definition) is 0. The molecule has 2 aromatic heterocycles. The fraction of sp³-hybridized carbons (Fsp3) is 0. The van der Waals surface area contributed by atoms with Crippen molar-refractivity contribution in [1.29, 1.82) is 0 Å². The highest BCUT2D eigenvalue weighted by Crippen LogP contribution is 2.05. The summed E-state index contributed by atoms with van der Waals surface area (Å²) >= 11 is 0. The van der Waals surface area contributed by atoms with Gasteiger partial charge in [0, 0.05) is 24.8 Å². The molecule has 2 nitrogen and oxygen atoms in total. The van der Waals surface area contributed by atoms with Crippen LogP contribution in [0.15, 0.2) is 49.1 Å². The lowest BCUT2D eigenvalue weighted by molar-refractivity contribution is 1.32. The zero-order valence-corrected chi connectivity index (χ0v) is 7.67. The van der Waals surface area contributed by atoms with Crippen molar-refractivity contribution in [3.05, 3.63) is 60.2 Å². The third kappa shape index (κ3) is 2.26. The maximum atomic E-state index is 4.03. The van der Waals surface area contributed by atoms with Crippen molar-refractivity contribution in [2.24, 2.45) is 0 Å². The maximum absolute atomic E-state index is 4.03. The molecule has 2 aromatic rings. The fourth-order valence-corrected chi connectivity index (χ4v) is 1.14. The van der Waals surface area contributed by atoms with Crippen molar-refractivity contribution in [2.75, 3.05) is 0 Å². The summed E-state index contributed by atoms with van der Waals surface area (Å²) in [5.74, 6) is 0. The molecule has 0 saturated carbocycles. The van der Waals surface area contributed by atoms with Crippen LogP contribution in [0.3, 0.4) is 0 Å². The highest BCUT2D eigenvalue weighted by molar-refractivity contribution is 5.68. The molecule has 0 aliphatic carbocycles. The summed E-state index contributed by atoms with van der Waals surface area (Å²) in [6.45, 7) is 0. The molecule has 0 aliphatic heterocycles. The van der Waals surface area contributed by atoms with Crippen LogP contribution in [0.1, 0.15) is 11.1 Å². The molecular formula is C12H10N2. The largest absolute Gasteiger partial charge is 0.265 e. The third-order valence-corrected chi connectivity index (χ3v) is 1.86. The number of hydrogen-bond acceptors (Lipinski definition) is 2. The van der Waals surface area contributed by atoms with Gasteiger partial charge in [-0.15, -0.1) is 0 Å². The molecule has 0 saturated heterocycles. The van der Waals surface area contributed by atoms with Crippen molar-refractivity contribution >= 4 is 12.2 Å². The first-order valence-corrected chi connectivity index (χ1v) is 4.43. The van der Waals surface area contributed by atoms with Crippen LogP contribution in [0, 0.1) is 0 Å². The number of rotatable bonds is 2. The van der Waals surface area contributed by atoms with Crippen LogP contribution in [0.4, 0.5) is 0 Å². The summed E-state index contributed by atoms with van der Waals surface area (Å²) in [5, 5.41) is 0. The Morgan fingerprint density at radius 3 is 2.29 bits per heavy atom. The van der Waals surface area contributed by atoms with Crippen LogP contribution < -0.4 is 0 Å². The molecule has 68 valence electrons. The average molecular weight is 182 g/mol. The van der Waals surface area contributed by atoms with Crippen LogP contribution in [0.2, 0.25) is 0 Å². The van der Waals surface area contributed by atoms with Crippen LogP contribution in [0.5, 0.6) is 0 Å². The summed E-state index contributed by atoms with van der Waals surface area (Å²) in [6.07, 6.45) is 11.2. The van der Waals surface area contributed by atoms with Gasteiger partial charge in [-0.3, -0.25) is 9.97 Å². The third-order valence-electron chi connectivity index (χ3n) is 1.86. The summed E-state index contributed by atoms with van der Waals surface area (Å²) in [4.78, 5) is 7.99. The molecule has 0 spiro atoms. The first kappa shape index (κ1) is 8.63. The van der Waals surface area contributed by atoms with E-state index in [0.717, 1.165) is 11.1 Å². The Hall–Kier alpha value is -1.96. The van der Waals surface area contributed by atoms with E-state index in [2.05, 4.69) is 9.97 Å². The molecule has 14 heavy (non-hydrogen) atoms.